The molecule has 0 aromatic heterocycles. The van der Waals surface area contributed by atoms with Gasteiger partial charge in [-0.1, -0.05) is 56.7 Å². The Kier molecular flexibility index (Phi) is 16.8. The number of likely N-dealkylation sites (tertiary alicyclic amines) is 1. The fourth-order valence-electron chi connectivity index (χ4n) is 4.42. The van der Waals surface area contributed by atoms with Crippen molar-refractivity contribution in [3.05, 3.63) is 54.1 Å². The molecule has 1 fully saturated rings. The van der Waals surface area contributed by atoms with Gasteiger partial charge in [0.25, 0.3) is 6.47 Å². The minimum Gasteiger partial charge on any atom is -0.483 e. The van der Waals surface area contributed by atoms with Crippen molar-refractivity contribution in [1.82, 2.24) is 4.90 Å². The molecular weight excluding hydrogens is 574 g/mol. The molecular formula is C31H45F4NO5S. The molecule has 1 N–H and O–H groups in total. The summed E-state index contributed by atoms with van der Waals surface area (Å²) >= 11 is 0. The highest BCUT2D eigenvalue weighted by molar-refractivity contribution is 7.93. The van der Waals surface area contributed by atoms with Crippen molar-refractivity contribution in [3.8, 4) is 11.1 Å². The maximum Gasteiger partial charge on any atom is 0.389 e. The van der Waals surface area contributed by atoms with Crippen LogP contribution in [0.15, 0.2) is 53.4 Å². The van der Waals surface area contributed by atoms with Crippen LogP contribution in [0.3, 0.4) is 0 Å². The number of piperidine rings is 1. The number of nitrogens with zero attached hydrogens (tertiary/aromatic N) is 1. The average Bonchev–Trinajstić information content (AvgIpc) is 2.94. The minimum absolute atomic E-state index is 0.0431. The SMILES string of the molecule is CC(C)(C)N1CCC(C=O)(S(=O)(=O)c2ccc(-c3ccc(CCCC(F)(F)F)cc3)cc2)CC1.CCC.CF.O=CO. The van der Waals surface area contributed by atoms with Gasteiger partial charge < -0.3 is 9.90 Å². The molecule has 1 aliphatic rings. The van der Waals surface area contributed by atoms with Gasteiger partial charge in [0.1, 0.15) is 11.0 Å². The van der Waals surface area contributed by atoms with E-state index in [0.29, 0.717) is 33.0 Å². The lowest BCUT2D eigenvalue weighted by Gasteiger charge is -2.43. The normalized spacial score (nSPS) is 15.0. The summed E-state index contributed by atoms with van der Waals surface area (Å²) in [5, 5.41) is 6.89. The van der Waals surface area contributed by atoms with Gasteiger partial charge in [0.2, 0.25) is 0 Å². The zero-order chi connectivity index (χ0) is 32.6. The number of benzene rings is 2. The molecule has 0 saturated carbocycles. The molecule has 0 unspecified atom stereocenters. The van der Waals surface area contributed by atoms with Gasteiger partial charge in [0.15, 0.2) is 9.84 Å². The van der Waals surface area contributed by atoms with Crippen LogP contribution in [0, 0.1) is 0 Å². The summed E-state index contributed by atoms with van der Waals surface area (Å²) in [6, 6.07) is 13.7. The van der Waals surface area contributed by atoms with Crippen LogP contribution in [0.4, 0.5) is 17.6 Å². The summed E-state index contributed by atoms with van der Waals surface area (Å²) in [6.07, 6.45) is -2.19. The Bertz CT molecular complexity index is 1150. The van der Waals surface area contributed by atoms with Gasteiger partial charge in [-0.15, -0.1) is 0 Å². The number of hydrogen-bond acceptors (Lipinski definition) is 5. The van der Waals surface area contributed by atoms with Crippen molar-refractivity contribution in [3.63, 3.8) is 0 Å². The van der Waals surface area contributed by atoms with Gasteiger partial charge in [-0.05, 0) is 75.3 Å². The summed E-state index contributed by atoms with van der Waals surface area (Å²) in [6.45, 7) is 11.3. The van der Waals surface area contributed by atoms with E-state index in [2.05, 4.69) is 39.5 Å². The number of aryl methyl sites for hydroxylation is 1. The first-order chi connectivity index (χ1) is 19.6. The fourth-order valence-corrected chi connectivity index (χ4v) is 6.23. The number of hydrogen-bond donors (Lipinski definition) is 1. The molecule has 238 valence electrons. The predicted octanol–water partition coefficient (Wildman–Crippen LogP) is 7.55. The van der Waals surface area contributed by atoms with Crippen LogP contribution in [-0.2, 0) is 25.8 Å². The molecule has 0 bridgehead atoms. The molecule has 3 rings (SSSR count). The van der Waals surface area contributed by atoms with Crippen LogP contribution in [0.1, 0.15) is 72.3 Å². The van der Waals surface area contributed by atoms with Crippen molar-refractivity contribution < 1.29 is 40.7 Å². The lowest BCUT2D eigenvalue weighted by molar-refractivity contribution is -0.135. The molecule has 1 aliphatic heterocycles. The Labute approximate surface area is 248 Å². The number of carbonyl (C=O) groups excluding carboxylic acids is 1. The molecule has 0 aliphatic carbocycles. The average molecular weight is 620 g/mol. The number of sulfone groups is 1. The van der Waals surface area contributed by atoms with Crippen molar-refractivity contribution in [2.24, 2.45) is 0 Å². The quantitative estimate of drug-likeness (QED) is 0.254. The molecule has 0 atom stereocenters. The standard InChI is InChI=1S/C26H32F3NO3S.C3H8.CH3F.CH2O2/c1-24(2,3)30-17-15-25(19-31,16-18-30)34(32,33)23-12-10-22(11-13-23)21-8-6-20(7-9-21)5-4-14-26(27,28)29;1-3-2;1-2;2-1-3/h6-13,19H,4-5,14-18H2,1-3H3;3H2,1-2H3;1H3;1H,(H,2,3). The van der Waals surface area contributed by atoms with E-state index >= 15 is 0 Å². The Morgan fingerprint density at radius 3 is 1.64 bits per heavy atom. The van der Waals surface area contributed by atoms with E-state index < -0.39 is 27.2 Å². The summed E-state index contributed by atoms with van der Waals surface area (Å²) in [5.41, 5.74) is 2.37. The van der Waals surface area contributed by atoms with E-state index in [0.717, 1.165) is 16.7 Å². The summed E-state index contributed by atoms with van der Waals surface area (Å²) in [5.74, 6) is 0. The van der Waals surface area contributed by atoms with Crippen molar-refractivity contribution in [1.29, 1.82) is 0 Å². The van der Waals surface area contributed by atoms with E-state index in [4.69, 9.17) is 9.90 Å². The number of alkyl halides is 4. The second-order valence-corrected chi connectivity index (χ2v) is 13.1. The molecule has 42 heavy (non-hydrogen) atoms. The van der Waals surface area contributed by atoms with Crippen molar-refractivity contribution >= 4 is 22.6 Å². The zero-order valence-corrected chi connectivity index (χ0v) is 26.2. The molecule has 0 amide bonds. The van der Waals surface area contributed by atoms with Crippen LogP contribution >= 0.6 is 0 Å². The summed E-state index contributed by atoms with van der Waals surface area (Å²) in [4.78, 5) is 22.7. The number of halogens is 4. The van der Waals surface area contributed by atoms with Crippen LogP contribution in [0.5, 0.6) is 0 Å². The van der Waals surface area contributed by atoms with Gasteiger partial charge >= 0.3 is 6.18 Å². The Balaban J connectivity index is 0.00000190. The summed E-state index contributed by atoms with van der Waals surface area (Å²) in [7, 11) is -3.36. The van der Waals surface area contributed by atoms with E-state index in [1.165, 1.54) is 18.6 Å². The Morgan fingerprint density at radius 2 is 1.29 bits per heavy atom. The second kappa shape index (κ2) is 18.0. The zero-order valence-electron chi connectivity index (χ0n) is 25.4. The van der Waals surface area contributed by atoms with E-state index in [9.17, 15) is 30.8 Å². The van der Waals surface area contributed by atoms with Crippen LogP contribution in [0.25, 0.3) is 11.1 Å². The van der Waals surface area contributed by atoms with Crippen LogP contribution in [0.2, 0.25) is 0 Å². The number of aldehydes is 1. The van der Waals surface area contributed by atoms with Gasteiger partial charge in [0.05, 0.1) is 12.1 Å². The molecule has 6 nitrogen and oxygen atoms in total. The van der Waals surface area contributed by atoms with E-state index in [-0.39, 0.29) is 36.2 Å². The Morgan fingerprint density at radius 1 is 0.881 bits per heavy atom. The first-order valence-corrected chi connectivity index (χ1v) is 15.3. The largest absolute Gasteiger partial charge is 0.483 e. The van der Waals surface area contributed by atoms with E-state index in [1.54, 1.807) is 24.3 Å². The van der Waals surface area contributed by atoms with Gasteiger partial charge in [0, 0.05) is 25.0 Å². The maximum absolute atomic E-state index is 13.4. The lowest BCUT2D eigenvalue weighted by Crippen LogP contribution is -2.54. The molecule has 0 spiro atoms. The monoisotopic (exact) mass is 619 g/mol. The van der Waals surface area contributed by atoms with Crippen molar-refractivity contribution in [2.45, 2.75) is 94.5 Å². The highest BCUT2D eigenvalue weighted by Crippen LogP contribution is 2.36. The first kappa shape index (κ1) is 39.2. The topological polar surface area (TPSA) is 91.8 Å². The molecule has 2 aromatic carbocycles. The lowest BCUT2D eigenvalue weighted by atomic mass is 9.93. The molecule has 0 radical (unpaired) electrons. The number of carbonyl (C=O) groups is 2. The highest BCUT2D eigenvalue weighted by atomic mass is 32.2. The van der Waals surface area contributed by atoms with Crippen molar-refractivity contribution in [2.75, 3.05) is 20.3 Å². The van der Waals surface area contributed by atoms with Crippen LogP contribution < -0.4 is 0 Å². The second-order valence-electron chi connectivity index (χ2n) is 10.8. The minimum atomic E-state index is -4.14. The third-order valence-electron chi connectivity index (χ3n) is 6.69. The van der Waals surface area contributed by atoms with Gasteiger partial charge in [-0.2, -0.15) is 13.2 Å². The smallest absolute Gasteiger partial charge is 0.389 e. The predicted molar refractivity (Wildman–Crippen MR) is 159 cm³/mol. The van der Waals surface area contributed by atoms with E-state index in [1.807, 2.05) is 12.1 Å². The maximum atomic E-state index is 13.4. The molecule has 1 heterocycles. The summed E-state index contributed by atoms with van der Waals surface area (Å²) < 4.78 is 71.9. The first-order valence-electron chi connectivity index (χ1n) is 13.8. The van der Waals surface area contributed by atoms with Gasteiger partial charge in [-0.25, -0.2) is 8.42 Å². The Hall–Kier alpha value is -2.79. The molecule has 11 heteroatoms. The third kappa shape index (κ3) is 11.8. The molecule has 2 aromatic rings. The molecule has 1 saturated heterocycles. The third-order valence-corrected chi connectivity index (χ3v) is 9.15. The number of rotatable bonds is 7. The van der Waals surface area contributed by atoms with Crippen LogP contribution in [-0.4, -0.2) is 67.9 Å². The highest BCUT2D eigenvalue weighted by Gasteiger charge is 2.48. The fraction of sp³-hybridized carbons (Fsp3) is 0.548. The van der Waals surface area contributed by atoms with Gasteiger partial charge in [-0.3, -0.25) is 14.1 Å². The number of carboxylic acid groups (broad SMARTS) is 1.